The molecule has 3 aromatic rings. The molecule has 0 radical (unpaired) electrons. The first kappa shape index (κ1) is 21.8. The lowest BCUT2D eigenvalue weighted by Gasteiger charge is -2.39. The Morgan fingerprint density at radius 2 is 1.97 bits per heavy atom. The van der Waals surface area contributed by atoms with Crippen LogP contribution in [-0.2, 0) is 19.6 Å². The van der Waals surface area contributed by atoms with Gasteiger partial charge in [-0.05, 0) is 37.5 Å². The number of hydrogen-bond acceptors (Lipinski definition) is 7. The van der Waals surface area contributed by atoms with Crippen molar-refractivity contribution in [3.63, 3.8) is 0 Å². The molecule has 1 fully saturated rings. The second-order valence-electron chi connectivity index (χ2n) is 7.85. The minimum atomic E-state index is -3.87. The van der Waals surface area contributed by atoms with Crippen LogP contribution in [0.5, 0.6) is 0 Å². The average Bonchev–Trinajstić information content (AvgIpc) is 3.19. The normalized spacial score (nSPS) is 21.2. The number of esters is 1. The zero-order valence-corrected chi connectivity index (χ0v) is 18.2. The van der Waals surface area contributed by atoms with Crippen LogP contribution in [0, 0.1) is 5.92 Å². The molecule has 2 heterocycles. The van der Waals surface area contributed by atoms with Crippen molar-refractivity contribution in [2.45, 2.75) is 43.1 Å². The van der Waals surface area contributed by atoms with Crippen LogP contribution < -0.4 is 10.5 Å². The molecular weight excluding hydrogens is 434 g/mol. The van der Waals surface area contributed by atoms with Crippen LogP contribution in [0.25, 0.3) is 5.65 Å². The highest BCUT2D eigenvalue weighted by atomic mass is 32.2. The van der Waals surface area contributed by atoms with Gasteiger partial charge in [-0.15, -0.1) is 0 Å². The van der Waals surface area contributed by atoms with Crippen molar-refractivity contribution in [1.29, 1.82) is 0 Å². The van der Waals surface area contributed by atoms with E-state index in [0.29, 0.717) is 12.8 Å². The van der Waals surface area contributed by atoms with Crippen LogP contribution >= 0.6 is 0 Å². The van der Waals surface area contributed by atoms with E-state index in [1.807, 2.05) is 6.92 Å². The Morgan fingerprint density at radius 3 is 2.66 bits per heavy atom. The number of ether oxygens (including phenoxy) is 1. The SMILES string of the molecule is CC1CCCCC1(OC(=O)c1cnn2ccc(NS(=O)(=O)c3ccccc3)nc12)C(N)=O. The van der Waals surface area contributed by atoms with Gasteiger partial charge in [-0.1, -0.05) is 31.5 Å². The van der Waals surface area contributed by atoms with Crippen LogP contribution in [-0.4, -0.2) is 40.5 Å². The van der Waals surface area contributed by atoms with Crippen LogP contribution in [0.15, 0.2) is 53.7 Å². The van der Waals surface area contributed by atoms with E-state index in [1.54, 1.807) is 18.2 Å². The molecule has 1 aliphatic carbocycles. The number of carbonyl (C=O) groups excluding carboxylic acids is 2. The van der Waals surface area contributed by atoms with Crippen LogP contribution in [0.4, 0.5) is 5.82 Å². The molecule has 0 saturated heterocycles. The molecule has 0 spiro atoms. The van der Waals surface area contributed by atoms with Gasteiger partial charge in [0.2, 0.25) is 0 Å². The van der Waals surface area contributed by atoms with Crippen molar-refractivity contribution in [1.82, 2.24) is 14.6 Å². The number of aromatic nitrogens is 3. The lowest BCUT2D eigenvalue weighted by molar-refractivity contribution is -0.147. The van der Waals surface area contributed by atoms with E-state index in [0.717, 1.165) is 12.8 Å². The Bertz CT molecular complexity index is 1270. The first-order chi connectivity index (χ1) is 15.2. The van der Waals surface area contributed by atoms with Gasteiger partial charge in [0.05, 0.1) is 11.1 Å². The van der Waals surface area contributed by atoms with Crippen LogP contribution in [0.1, 0.15) is 43.0 Å². The van der Waals surface area contributed by atoms with Crippen molar-refractivity contribution < 1.29 is 22.7 Å². The number of sulfonamides is 1. The predicted octanol–water partition coefficient (Wildman–Crippen LogP) is 2.12. The monoisotopic (exact) mass is 457 g/mol. The maximum Gasteiger partial charge on any atom is 0.344 e. The molecule has 11 heteroatoms. The van der Waals surface area contributed by atoms with E-state index in [2.05, 4.69) is 14.8 Å². The summed E-state index contributed by atoms with van der Waals surface area (Å²) < 4.78 is 34.6. The molecule has 168 valence electrons. The molecule has 1 saturated carbocycles. The zero-order chi connectivity index (χ0) is 22.9. The molecule has 2 aromatic heterocycles. The van der Waals surface area contributed by atoms with E-state index < -0.39 is 27.5 Å². The molecular formula is C21H23N5O5S. The van der Waals surface area contributed by atoms with Crippen molar-refractivity contribution in [3.8, 4) is 0 Å². The number of rotatable bonds is 6. The lowest BCUT2D eigenvalue weighted by atomic mass is 9.75. The van der Waals surface area contributed by atoms with Crippen molar-refractivity contribution in [3.05, 3.63) is 54.4 Å². The molecule has 32 heavy (non-hydrogen) atoms. The van der Waals surface area contributed by atoms with Gasteiger partial charge in [0, 0.05) is 12.1 Å². The Hall–Kier alpha value is -3.47. The number of primary amides is 1. The minimum absolute atomic E-state index is 0.00385. The summed E-state index contributed by atoms with van der Waals surface area (Å²) in [6.07, 6.45) is 5.45. The van der Waals surface area contributed by atoms with Crippen molar-refractivity contribution >= 4 is 33.4 Å². The lowest BCUT2D eigenvalue weighted by Crippen LogP contribution is -2.54. The molecule has 4 rings (SSSR count). The van der Waals surface area contributed by atoms with Crippen LogP contribution in [0.2, 0.25) is 0 Å². The smallest absolute Gasteiger partial charge is 0.344 e. The fourth-order valence-corrected chi connectivity index (χ4v) is 4.99. The maximum absolute atomic E-state index is 13.0. The van der Waals surface area contributed by atoms with Gasteiger partial charge in [0.1, 0.15) is 11.4 Å². The third kappa shape index (κ3) is 3.91. The standard InChI is InChI=1S/C21H23N5O5S/c1-14-7-5-6-11-21(14,20(22)28)31-19(27)16-13-23-26-12-10-17(24-18(16)26)25-32(29,30)15-8-3-2-4-9-15/h2-4,8-10,12-14H,5-7,11H2,1H3,(H2,22,28)(H,24,25). The van der Waals surface area contributed by atoms with Crippen molar-refractivity contribution in [2.75, 3.05) is 4.72 Å². The molecule has 1 aliphatic rings. The average molecular weight is 458 g/mol. The fraction of sp³-hybridized carbons (Fsp3) is 0.333. The molecule has 2 unspecified atom stereocenters. The molecule has 0 aliphatic heterocycles. The highest BCUT2D eigenvalue weighted by Crippen LogP contribution is 2.37. The van der Waals surface area contributed by atoms with Crippen LogP contribution in [0.3, 0.4) is 0 Å². The number of hydrogen-bond donors (Lipinski definition) is 2. The number of carbonyl (C=O) groups is 2. The number of nitrogens with one attached hydrogen (secondary N) is 1. The van der Waals surface area contributed by atoms with Gasteiger partial charge in [-0.25, -0.2) is 22.7 Å². The highest BCUT2D eigenvalue weighted by Gasteiger charge is 2.47. The van der Waals surface area contributed by atoms with E-state index in [1.165, 1.54) is 35.1 Å². The second-order valence-corrected chi connectivity index (χ2v) is 9.53. The number of nitrogens with two attached hydrogens (primary N) is 1. The second kappa shape index (κ2) is 8.23. The summed E-state index contributed by atoms with van der Waals surface area (Å²) in [7, 11) is -3.87. The summed E-state index contributed by atoms with van der Waals surface area (Å²) in [4.78, 5) is 29.5. The number of nitrogens with zero attached hydrogens (tertiary/aromatic N) is 3. The van der Waals surface area contributed by atoms with E-state index in [9.17, 15) is 18.0 Å². The molecule has 3 N–H and O–H groups in total. The molecule has 1 aromatic carbocycles. The van der Waals surface area contributed by atoms with Gasteiger partial charge in [0.15, 0.2) is 11.2 Å². The molecule has 0 bridgehead atoms. The quantitative estimate of drug-likeness (QED) is 0.539. The molecule has 10 nitrogen and oxygen atoms in total. The van der Waals surface area contributed by atoms with E-state index in [-0.39, 0.29) is 27.8 Å². The number of amides is 1. The molecule has 2 atom stereocenters. The summed E-state index contributed by atoms with van der Waals surface area (Å²) in [6.45, 7) is 1.84. The summed E-state index contributed by atoms with van der Waals surface area (Å²) in [5.41, 5.74) is 4.33. The topological polar surface area (TPSA) is 146 Å². The highest BCUT2D eigenvalue weighted by molar-refractivity contribution is 7.92. The number of benzene rings is 1. The number of fused-ring (bicyclic) bond motifs is 1. The van der Waals surface area contributed by atoms with Gasteiger partial charge in [0.25, 0.3) is 15.9 Å². The van der Waals surface area contributed by atoms with Gasteiger partial charge >= 0.3 is 5.97 Å². The third-order valence-electron chi connectivity index (χ3n) is 5.80. The molecule has 1 amide bonds. The summed E-state index contributed by atoms with van der Waals surface area (Å²) in [6, 6.07) is 9.26. The van der Waals surface area contributed by atoms with E-state index >= 15 is 0 Å². The predicted molar refractivity (Wildman–Crippen MR) is 115 cm³/mol. The van der Waals surface area contributed by atoms with Gasteiger partial charge in [-0.2, -0.15) is 5.10 Å². The Labute approximate surface area is 184 Å². The Kier molecular flexibility index (Phi) is 5.59. The van der Waals surface area contributed by atoms with Crippen molar-refractivity contribution in [2.24, 2.45) is 11.7 Å². The minimum Gasteiger partial charge on any atom is -0.445 e. The largest absolute Gasteiger partial charge is 0.445 e. The van der Waals surface area contributed by atoms with E-state index in [4.69, 9.17) is 10.5 Å². The van der Waals surface area contributed by atoms with Gasteiger partial charge in [-0.3, -0.25) is 9.52 Å². The summed E-state index contributed by atoms with van der Waals surface area (Å²) in [5, 5.41) is 4.08. The Morgan fingerprint density at radius 1 is 1.22 bits per heavy atom. The zero-order valence-electron chi connectivity index (χ0n) is 17.4. The van der Waals surface area contributed by atoms with Gasteiger partial charge < -0.3 is 10.5 Å². The number of anilines is 1. The first-order valence-corrected chi connectivity index (χ1v) is 11.7. The summed E-state index contributed by atoms with van der Waals surface area (Å²) in [5.74, 6) is -1.69. The first-order valence-electron chi connectivity index (χ1n) is 10.2. The third-order valence-corrected chi connectivity index (χ3v) is 7.18. The Balaban J connectivity index is 1.64. The maximum atomic E-state index is 13.0. The summed E-state index contributed by atoms with van der Waals surface area (Å²) >= 11 is 0. The fourth-order valence-electron chi connectivity index (χ4n) is 3.97.